The van der Waals surface area contributed by atoms with Crippen LogP contribution in [0.2, 0.25) is 5.02 Å². The number of likely N-dealkylation sites (N-methyl/N-ethyl adjacent to an activating group) is 1. The van der Waals surface area contributed by atoms with Gasteiger partial charge >= 0.3 is 0 Å². The van der Waals surface area contributed by atoms with E-state index in [1.165, 1.54) is 34.1 Å². The Morgan fingerprint density at radius 3 is 2.84 bits per heavy atom. The van der Waals surface area contributed by atoms with E-state index < -0.39 is 0 Å². The molecule has 0 N–H and O–H groups in total. The average molecular weight is 316 g/mol. The molecule has 0 atom stereocenters. The number of thiophene rings is 1. The van der Waals surface area contributed by atoms with Gasteiger partial charge in [0.15, 0.2) is 0 Å². The third-order valence-corrected chi connectivity index (χ3v) is 5.35. The second-order valence-corrected chi connectivity index (χ2v) is 6.68. The summed E-state index contributed by atoms with van der Waals surface area (Å²) < 4.78 is 1.42. The third kappa shape index (κ3) is 2.64. The van der Waals surface area contributed by atoms with E-state index >= 15 is 0 Å². The molecule has 2 heterocycles. The maximum absolute atomic E-state index is 6.40. The minimum atomic E-state index is 0. The van der Waals surface area contributed by atoms with Crippen LogP contribution in [-0.2, 0) is 19.4 Å². The molecule has 19 heavy (non-hydrogen) atoms. The van der Waals surface area contributed by atoms with Gasteiger partial charge in [0, 0.05) is 33.1 Å². The van der Waals surface area contributed by atoms with Crippen molar-refractivity contribution in [1.82, 2.24) is 4.90 Å². The Hall–Kier alpha value is -0.280. The lowest BCUT2D eigenvalue weighted by molar-refractivity contribution is 0.336. The average Bonchev–Trinajstić information content (AvgIpc) is 2.56. The topological polar surface area (TPSA) is 3.24 Å². The van der Waals surface area contributed by atoms with Crippen LogP contribution < -0.4 is 0 Å². The highest BCUT2D eigenvalue weighted by molar-refractivity contribution is 7.19. The van der Waals surface area contributed by atoms with E-state index in [4.69, 9.17) is 11.6 Å². The fourth-order valence-corrected chi connectivity index (χ4v) is 4.44. The summed E-state index contributed by atoms with van der Waals surface area (Å²) in [4.78, 5) is 3.97. The smallest absolute Gasteiger partial charge is 0.0445 e. The fraction of sp³-hybridized carbons (Fsp3) is 0.467. The van der Waals surface area contributed by atoms with Gasteiger partial charge < -0.3 is 4.90 Å². The van der Waals surface area contributed by atoms with Crippen molar-refractivity contribution < 1.29 is 0 Å². The summed E-state index contributed by atoms with van der Waals surface area (Å²) in [5.74, 6) is 0. The van der Waals surface area contributed by atoms with Crippen LogP contribution in [0, 0.1) is 0 Å². The first-order valence-electron chi connectivity index (χ1n) is 6.61. The van der Waals surface area contributed by atoms with Crippen LogP contribution in [0.15, 0.2) is 12.1 Å². The molecule has 1 aromatic heterocycles. The summed E-state index contributed by atoms with van der Waals surface area (Å²) in [6.07, 6.45) is 3.48. The standard InChI is InChI=1S/C15H18ClNS.ClH/c1-3-4-13-11-9-17(2)8-7-10-12(16)5-6-14(18-13)15(10)11;/h5-6H,3-4,7-9H2,1-2H3;1H. The predicted molar refractivity (Wildman–Crippen MR) is 88.1 cm³/mol. The van der Waals surface area contributed by atoms with Gasteiger partial charge in [-0.05, 0) is 43.1 Å². The summed E-state index contributed by atoms with van der Waals surface area (Å²) in [5.41, 5.74) is 2.90. The van der Waals surface area contributed by atoms with Crippen molar-refractivity contribution in [2.24, 2.45) is 0 Å². The van der Waals surface area contributed by atoms with Crippen molar-refractivity contribution in [3.05, 3.63) is 33.2 Å². The molecular formula is C15H19Cl2NS. The Bertz CT molecular complexity index is 591. The highest BCUT2D eigenvalue weighted by Gasteiger charge is 2.21. The lowest BCUT2D eigenvalue weighted by Crippen LogP contribution is -2.18. The van der Waals surface area contributed by atoms with E-state index in [1.807, 2.05) is 11.3 Å². The highest BCUT2D eigenvalue weighted by atomic mass is 35.5. The minimum Gasteiger partial charge on any atom is -0.302 e. The molecule has 4 heteroatoms. The zero-order chi connectivity index (χ0) is 12.7. The molecule has 0 spiro atoms. The first-order valence-corrected chi connectivity index (χ1v) is 7.80. The van der Waals surface area contributed by atoms with E-state index in [9.17, 15) is 0 Å². The Labute approximate surface area is 130 Å². The number of hydrogen-bond donors (Lipinski definition) is 0. The van der Waals surface area contributed by atoms with E-state index in [0.717, 1.165) is 24.5 Å². The molecule has 104 valence electrons. The molecule has 1 nitrogen and oxygen atoms in total. The van der Waals surface area contributed by atoms with Gasteiger partial charge in [-0.15, -0.1) is 23.7 Å². The van der Waals surface area contributed by atoms with Gasteiger partial charge in [-0.25, -0.2) is 0 Å². The highest BCUT2D eigenvalue weighted by Crippen LogP contribution is 2.39. The molecule has 1 aliphatic rings. The molecule has 1 aliphatic heterocycles. The quantitative estimate of drug-likeness (QED) is 0.760. The van der Waals surface area contributed by atoms with Gasteiger partial charge in [-0.2, -0.15) is 0 Å². The van der Waals surface area contributed by atoms with Crippen molar-refractivity contribution >= 4 is 45.4 Å². The lowest BCUT2D eigenvalue weighted by atomic mass is 10.0. The first kappa shape index (κ1) is 15.1. The zero-order valence-corrected chi connectivity index (χ0v) is 13.7. The maximum Gasteiger partial charge on any atom is 0.0445 e. The number of benzene rings is 1. The van der Waals surface area contributed by atoms with Gasteiger partial charge in [-0.1, -0.05) is 24.9 Å². The van der Waals surface area contributed by atoms with E-state index in [-0.39, 0.29) is 12.4 Å². The summed E-state index contributed by atoms with van der Waals surface area (Å²) in [7, 11) is 2.21. The second-order valence-electron chi connectivity index (χ2n) is 5.14. The van der Waals surface area contributed by atoms with E-state index in [1.54, 1.807) is 4.88 Å². The number of halogens is 2. The van der Waals surface area contributed by atoms with Crippen LogP contribution in [0.1, 0.15) is 29.3 Å². The Kier molecular flexibility index (Phi) is 4.78. The van der Waals surface area contributed by atoms with Gasteiger partial charge in [0.05, 0.1) is 0 Å². The Morgan fingerprint density at radius 2 is 2.11 bits per heavy atom. The van der Waals surface area contributed by atoms with Gasteiger partial charge in [0.1, 0.15) is 0 Å². The monoisotopic (exact) mass is 315 g/mol. The van der Waals surface area contributed by atoms with E-state index in [2.05, 4.69) is 31.0 Å². The molecule has 1 aromatic carbocycles. The number of aryl methyl sites for hydroxylation is 1. The van der Waals surface area contributed by atoms with Crippen LogP contribution in [0.3, 0.4) is 0 Å². The number of rotatable bonds is 2. The molecule has 0 radical (unpaired) electrons. The predicted octanol–water partition coefficient (Wildman–Crippen LogP) is 4.92. The Morgan fingerprint density at radius 1 is 1.32 bits per heavy atom. The molecule has 0 amide bonds. The van der Waals surface area contributed by atoms with Crippen LogP contribution in [-0.4, -0.2) is 18.5 Å². The van der Waals surface area contributed by atoms with Crippen molar-refractivity contribution in [1.29, 1.82) is 0 Å². The van der Waals surface area contributed by atoms with Crippen molar-refractivity contribution in [2.75, 3.05) is 13.6 Å². The molecule has 0 fully saturated rings. The SMILES string of the molecule is CCCc1sc2ccc(Cl)c3c2c1CN(C)CC3.Cl. The minimum absolute atomic E-state index is 0. The molecule has 2 aromatic rings. The van der Waals surface area contributed by atoms with Gasteiger partial charge in [0.2, 0.25) is 0 Å². The summed E-state index contributed by atoms with van der Waals surface area (Å²) in [6.45, 7) is 4.43. The largest absolute Gasteiger partial charge is 0.302 e. The first-order chi connectivity index (χ1) is 8.70. The van der Waals surface area contributed by atoms with Crippen molar-refractivity contribution in [2.45, 2.75) is 32.7 Å². The van der Waals surface area contributed by atoms with Crippen molar-refractivity contribution in [3.8, 4) is 0 Å². The summed E-state index contributed by atoms with van der Waals surface area (Å²) in [6, 6.07) is 4.26. The number of hydrogen-bond acceptors (Lipinski definition) is 2. The third-order valence-electron chi connectivity index (χ3n) is 3.74. The van der Waals surface area contributed by atoms with Crippen LogP contribution >= 0.6 is 35.3 Å². The van der Waals surface area contributed by atoms with Crippen LogP contribution in [0.5, 0.6) is 0 Å². The van der Waals surface area contributed by atoms with Crippen LogP contribution in [0.4, 0.5) is 0 Å². The van der Waals surface area contributed by atoms with Crippen molar-refractivity contribution in [3.63, 3.8) is 0 Å². The molecule has 0 unspecified atom stereocenters. The molecule has 3 rings (SSSR count). The number of nitrogens with zero attached hydrogens (tertiary/aromatic N) is 1. The second kappa shape index (κ2) is 6.01. The van der Waals surface area contributed by atoms with E-state index in [0.29, 0.717) is 0 Å². The zero-order valence-electron chi connectivity index (χ0n) is 11.3. The molecule has 0 saturated heterocycles. The lowest BCUT2D eigenvalue weighted by Gasteiger charge is -2.13. The Balaban J connectivity index is 0.00000133. The summed E-state index contributed by atoms with van der Waals surface area (Å²) >= 11 is 8.36. The fourth-order valence-electron chi connectivity index (χ4n) is 2.84. The van der Waals surface area contributed by atoms with Gasteiger partial charge in [0.25, 0.3) is 0 Å². The normalized spacial score (nSPS) is 15.3. The van der Waals surface area contributed by atoms with Gasteiger partial charge in [-0.3, -0.25) is 0 Å². The molecular weight excluding hydrogens is 297 g/mol. The maximum atomic E-state index is 6.40. The molecule has 0 saturated carbocycles. The van der Waals surface area contributed by atoms with Crippen LogP contribution in [0.25, 0.3) is 10.1 Å². The molecule has 0 bridgehead atoms. The summed E-state index contributed by atoms with van der Waals surface area (Å²) in [5, 5.41) is 2.40. The molecule has 0 aliphatic carbocycles.